The molecule has 0 radical (unpaired) electrons. The van der Waals surface area contributed by atoms with Crippen LogP contribution in [0.2, 0.25) is 0 Å². The average molecular weight is 387 g/mol. The van der Waals surface area contributed by atoms with Gasteiger partial charge in [0.1, 0.15) is 0 Å². The first-order valence-corrected chi connectivity index (χ1v) is 11.0. The van der Waals surface area contributed by atoms with Gasteiger partial charge < -0.3 is 10.1 Å². The van der Waals surface area contributed by atoms with E-state index in [-0.39, 0.29) is 24.1 Å². The summed E-state index contributed by atoms with van der Waals surface area (Å²) in [7, 11) is -1.03. The van der Waals surface area contributed by atoms with E-state index in [4.69, 9.17) is 4.74 Å². The topological polar surface area (TPSA) is 50.4 Å². The number of rotatable bonds is 6. The minimum atomic E-state index is -1.03. The zero-order valence-corrected chi connectivity index (χ0v) is 16.0. The highest BCUT2D eigenvalue weighted by atomic mass is 32.2. The Kier molecular flexibility index (Phi) is 7.14. The molecule has 1 aromatic rings. The van der Waals surface area contributed by atoms with Crippen molar-refractivity contribution in [2.24, 2.45) is 0 Å². The molecule has 1 aromatic carbocycles. The molecular weight excluding hydrogens is 358 g/mol. The lowest BCUT2D eigenvalue weighted by molar-refractivity contribution is 0.00511. The zero-order chi connectivity index (χ0) is 18.5. The van der Waals surface area contributed by atoms with Crippen LogP contribution >= 0.6 is 0 Å². The van der Waals surface area contributed by atoms with E-state index in [0.29, 0.717) is 12.2 Å². The lowest BCUT2D eigenvalue weighted by atomic mass is 9.82. The molecule has 2 fully saturated rings. The van der Waals surface area contributed by atoms with Crippen LogP contribution < -0.4 is 10.0 Å². The molecule has 0 aromatic heterocycles. The van der Waals surface area contributed by atoms with Crippen LogP contribution in [-0.2, 0) is 15.7 Å². The van der Waals surface area contributed by atoms with Crippen molar-refractivity contribution >= 4 is 11.0 Å². The molecule has 1 aliphatic carbocycles. The van der Waals surface area contributed by atoms with Crippen molar-refractivity contribution in [2.45, 2.75) is 62.6 Å². The van der Waals surface area contributed by atoms with Gasteiger partial charge in [0.05, 0.1) is 23.7 Å². The molecule has 1 saturated heterocycles. The minimum Gasteiger partial charge on any atom is -0.377 e. The third kappa shape index (κ3) is 5.09. The summed E-state index contributed by atoms with van der Waals surface area (Å²) < 4.78 is 48.1. The summed E-state index contributed by atoms with van der Waals surface area (Å²) in [5.41, 5.74) is 0.493. The lowest BCUT2D eigenvalue weighted by Crippen LogP contribution is -2.54. The Morgan fingerprint density at radius 2 is 2.00 bits per heavy atom. The Labute approximate surface area is 156 Å². The van der Waals surface area contributed by atoms with Crippen LogP contribution in [0.25, 0.3) is 0 Å². The summed E-state index contributed by atoms with van der Waals surface area (Å²) in [6, 6.07) is 4.75. The summed E-state index contributed by atoms with van der Waals surface area (Å²) in [4.78, 5) is 0. The maximum Gasteiger partial charge on any atom is 0.162 e. The molecular formula is C19H28F2N2O2S. The monoisotopic (exact) mass is 386 g/mol. The SMILES string of the molecule is CS(=O)NC1CCCNC1COC1CCC(c2cccc(F)c2F)CC1. The van der Waals surface area contributed by atoms with Gasteiger partial charge in [-0.2, -0.15) is 0 Å². The standard InChI is InChI=1S/C19H28F2N2O2S/c1-26(24)23-17-6-3-11-22-18(17)12-25-14-9-7-13(8-10-14)15-4-2-5-16(20)19(15)21/h2,4-5,13-14,17-18,22-23H,3,6-12H2,1H3. The first-order valence-electron chi connectivity index (χ1n) is 9.43. The van der Waals surface area contributed by atoms with Crippen molar-refractivity contribution in [3.8, 4) is 0 Å². The van der Waals surface area contributed by atoms with E-state index in [1.54, 1.807) is 18.4 Å². The van der Waals surface area contributed by atoms with Gasteiger partial charge in [-0.15, -0.1) is 0 Å². The molecule has 0 amide bonds. The van der Waals surface area contributed by atoms with Gasteiger partial charge in [0.2, 0.25) is 0 Å². The number of benzene rings is 1. The Morgan fingerprint density at radius 1 is 1.23 bits per heavy atom. The first kappa shape index (κ1) is 19.9. The smallest absolute Gasteiger partial charge is 0.162 e. The highest BCUT2D eigenvalue weighted by Crippen LogP contribution is 2.35. The Hall–Kier alpha value is -0.890. The summed E-state index contributed by atoms with van der Waals surface area (Å²) >= 11 is 0. The van der Waals surface area contributed by atoms with Crippen molar-refractivity contribution in [1.82, 2.24) is 10.0 Å². The van der Waals surface area contributed by atoms with Gasteiger partial charge in [-0.05, 0) is 62.6 Å². The van der Waals surface area contributed by atoms with Gasteiger partial charge >= 0.3 is 0 Å². The predicted octanol–water partition coefficient (Wildman–Crippen LogP) is 3.01. The Morgan fingerprint density at radius 3 is 2.73 bits per heavy atom. The van der Waals surface area contributed by atoms with E-state index in [2.05, 4.69) is 10.0 Å². The van der Waals surface area contributed by atoms with Gasteiger partial charge in [-0.3, -0.25) is 0 Å². The van der Waals surface area contributed by atoms with Gasteiger partial charge in [-0.1, -0.05) is 12.1 Å². The second-order valence-electron chi connectivity index (χ2n) is 7.33. The number of nitrogens with one attached hydrogen (secondary N) is 2. The van der Waals surface area contributed by atoms with Crippen LogP contribution in [-0.4, -0.2) is 41.8 Å². The van der Waals surface area contributed by atoms with Crippen molar-refractivity contribution in [2.75, 3.05) is 19.4 Å². The van der Waals surface area contributed by atoms with E-state index in [9.17, 15) is 13.0 Å². The zero-order valence-electron chi connectivity index (χ0n) is 15.2. The molecule has 3 rings (SSSR count). The van der Waals surface area contributed by atoms with Crippen LogP contribution in [0.15, 0.2) is 18.2 Å². The molecule has 4 nitrogen and oxygen atoms in total. The minimum absolute atomic E-state index is 0.0651. The number of piperidine rings is 1. The van der Waals surface area contributed by atoms with Gasteiger partial charge in [0.15, 0.2) is 11.6 Å². The molecule has 1 aliphatic heterocycles. The fourth-order valence-electron chi connectivity index (χ4n) is 4.10. The highest BCUT2D eigenvalue weighted by molar-refractivity contribution is 7.82. The van der Waals surface area contributed by atoms with Gasteiger partial charge in [0.25, 0.3) is 0 Å². The lowest BCUT2D eigenvalue weighted by Gasteiger charge is -2.35. The molecule has 3 unspecified atom stereocenters. The maximum atomic E-state index is 14.0. The number of halogens is 2. The van der Waals surface area contributed by atoms with Crippen LogP contribution in [0.5, 0.6) is 0 Å². The van der Waals surface area contributed by atoms with Gasteiger partial charge in [0, 0.05) is 18.3 Å². The molecule has 3 atom stereocenters. The fourth-order valence-corrected chi connectivity index (χ4v) is 4.81. The van der Waals surface area contributed by atoms with E-state index in [1.807, 2.05) is 0 Å². The average Bonchev–Trinajstić information content (AvgIpc) is 2.63. The second kappa shape index (κ2) is 9.35. The molecule has 0 spiro atoms. The first-order chi connectivity index (χ1) is 12.5. The highest BCUT2D eigenvalue weighted by Gasteiger charge is 2.29. The molecule has 1 heterocycles. The number of hydrogen-bond acceptors (Lipinski definition) is 3. The molecule has 1 saturated carbocycles. The van der Waals surface area contributed by atoms with Crippen molar-refractivity contribution < 1.29 is 17.7 Å². The van der Waals surface area contributed by atoms with E-state index in [1.165, 1.54) is 6.07 Å². The third-order valence-electron chi connectivity index (χ3n) is 5.51. The summed E-state index contributed by atoms with van der Waals surface area (Å²) in [5, 5.41) is 3.45. The van der Waals surface area contributed by atoms with Gasteiger partial charge in [-0.25, -0.2) is 17.7 Å². The predicted molar refractivity (Wildman–Crippen MR) is 99.3 cm³/mol. The van der Waals surface area contributed by atoms with Crippen molar-refractivity contribution in [1.29, 1.82) is 0 Å². The van der Waals surface area contributed by atoms with Crippen molar-refractivity contribution in [3.63, 3.8) is 0 Å². The van der Waals surface area contributed by atoms with E-state index >= 15 is 0 Å². The molecule has 2 N–H and O–H groups in total. The van der Waals surface area contributed by atoms with Crippen LogP contribution in [0.3, 0.4) is 0 Å². The fraction of sp³-hybridized carbons (Fsp3) is 0.684. The second-order valence-corrected chi connectivity index (χ2v) is 8.48. The van der Waals surface area contributed by atoms with Crippen LogP contribution in [0.4, 0.5) is 8.78 Å². The number of ether oxygens (including phenoxy) is 1. The Balaban J connectivity index is 1.48. The van der Waals surface area contributed by atoms with E-state index in [0.717, 1.165) is 45.1 Å². The largest absolute Gasteiger partial charge is 0.377 e. The Bertz CT molecular complexity index is 624. The molecule has 7 heteroatoms. The summed E-state index contributed by atoms with van der Waals surface area (Å²) in [6.07, 6.45) is 7.19. The summed E-state index contributed by atoms with van der Waals surface area (Å²) in [6.45, 7) is 1.53. The van der Waals surface area contributed by atoms with Crippen LogP contribution in [0, 0.1) is 11.6 Å². The van der Waals surface area contributed by atoms with Crippen LogP contribution in [0.1, 0.15) is 50.0 Å². The molecule has 146 valence electrons. The van der Waals surface area contributed by atoms with Crippen molar-refractivity contribution in [3.05, 3.63) is 35.4 Å². The molecule has 26 heavy (non-hydrogen) atoms. The molecule has 2 aliphatic rings. The third-order valence-corrected chi connectivity index (χ3v) is 6.14. The molecule has 0 bridgehead atoms. The normalized spacial score (nSPS) is 30.9. The maximum absolute atomic E-state index is 14.0. The number of hydrogen-bond donors (Lipinski definition) is 2. The quantitative estimate of drug-likeness (QED) is 0.790. The summed E-state index contributed by atoms with van der Waals surface area (Å²) in [5.74, 6) is -1.41. The van der Waals surface area contributed by atoms with E-state index < -0.39 is 22.6 Å².